The van der Waals surface area contributed by atoms with Crippen LogP contribution in [0.3, 0.4) is 0 Å². The first kappa shape index (κ1) is 12.9. The van der Waals surface area contributed by atoms with Crippen LogP contribution in [0.1, 0.15) is 0 Å². The van der Waals surface area contributed by atoms with Crippen LogP contribution >= 0.6 is 0 Å². The van der Waals surface area contributed by atoms with Crippen molar-refractivity contribution >= 4 is 17.4 Å². The quantitative estimate of drug-likeness (QED) is 0.825. The number of rotatable bonds is 3. The molecule has 1 aliphatic heterocycles. The van der Waals surface area contributed by atoms with E-state index in [-0.39, 0.29) is 5.91 Å². The highest BCUT2D eigenvalue weighted by Crippen LogP contribution is 2.10. The lowest BCUT2D eigenvalue weighted by atomic mass is 10.3. The minimum atomic E-state index is 0.143. The second kappa shape index (κ2) is 5.46. The van der Waals surface area contributed by atoms with Gasteiger partial charge in [0.2, 0.25) is 5.91 Å². The first-order chi connectivity index (χ1) is 9.74. The Hall–Kier alpha value is -2.15. The van der Waals surface area contributed by atoms with Crippen molar-refractivity contribution in [3.05, 3.63) is 24.5 Å². The number of hydrogen-bond acceptors (Lipinski definition) is 5. The number of likely N-dealkylation sites (N-methyl/N-ethyl adjacent to an activating group) is 1. The van der Waals surface area contributed by atoms with Gasteiger partial charge in [-0.15, -0.1) is 0 Å². The van der Waals surface area contributed by atoms with Crippen LogP contribution in [-0.4, -0.2) is 65.2 Å². The third-order valence-electron chi connectivity index (χ3n) is 3.48. The number of carbonyl (C=O) groups excluding carboxylic acids is 1. The van der Waals surface area contributed by atoms with Gasteiger partial charge in [-0.2, -0.15) is 5.10 Å². The number of fused-ring (bicyclic) bond motifs is 1. The van der Waals surface area contributed by atoms with E-state index >= 15 is 0 Å². The summed E-state index contributed by atoms with van der Waals surface area (Å²) in [6, 6.07) is 3.71. The van der Waals surface area contributed by atoms with E-state index in [9.17, 15) is 4.79 Å². The Kier molecular flexibility index (Phi) is 3.51. The van der Waals surface area contributed by atoms with Crippen molar-refractivity contribution in [2.24, 2.45) is 0 Å². The van der Waals surface area contributed by atoms with Crippen LogP contribution in [-0.2, 0) is 4.79 Å². The highest BCUT2D eigenvalue weighted by molar-refractivity contribution is 5.81. The summed E-state index contributed by atoms with van der Waals surface area (Å²) in [7, 11) is 1.88. The number of aromatic nitrogens is 3. The highest BCUT2D eigenvalue weighted by atomic mass is 16.2. The van der Waals surface area contributed by atoms with Gasteiger partial charge in [0, 0.05) is 45.5 Å². The molecule has 20 heavy (non-hydrogen) atoms. The Morgan fingerprint density at radius 2 is 2.20 bits per heavy atom. The molecule has 3 rings (SSSR count). The van der Waals surface area contributed by atoms with E-state index in [1.165, 1.54) is 0 Å². The molecule has 7 nitrogen and oxygen atoms in total. The van der Waals surface area contributed by atoms with E-state index in [4.69, 9.17) is 0 Å². The fraction of sp³-hybridized carbons (Fsp3) is 0.462. The van der Waals surface area contributed by atoms with Crippen LogP contribution < -0.4 is 10.2 Å². The molecule has 1 fully saturated rings. The normalized spacial score (nSPS) is 15.6. The molecule has 3 heterocycles. The summed E-state index contributed by atoms with van der Waals surface area (Å²) in [4.78, 5) is 20.4. The summed E-state index contributed by atoms with van der Waals surface area (Å²) in [5.41, 5.74) is 0.781. The Morgan fingerprint density at radius 1 is 1.40 bits per heavy atom. The van der Waals surface area contributed by atoms with Crippen LogP contribution in [0.2, 0.25) is 0 Å². The van der Waals surface area contributed by atoms with Crippen LogP contribution in [0.5, 0.6) is 0 Å². The predicted molar refractivity (Wildman–Crippen MR) is 75.7 cm³/mol. The molecule has 1 aliphatic rings. The van der Waals surface area contributed by atoms with Gasteiger partial charge in [0.15, 0.2) is 5.65 Å². The minimum absolute atomic E-state index is 0.143. The zero-order valence-corrected chi connectivity index (χ0v) is 11.5. The summed E-state index contributed by atoms with van der Waals surface area (Å²) in [5, 5.41) is 7.35. The van der Waals surface area contributed by atoms with Gasteiger partial charge in [-0.05, 0) is 6.07 Å². The van der Waals surface area contributed by atoms with Crippen LogP contribution in [0.15, 0.2) is 24.5 Å². The van der Waals surface area contributed by atoms with Gasteiger partial charge in [-0.25, -0.2) is 9.50 Å². The molecular weight excluding hydrogens is 256 g/mol. The maximum atomic E-state index is 12.2. The molecule has 0 aliphatic carbocycles. The largest absolute Gasteiger partial charge is 0.350 e. The minimum Gasteiger partial charge on any atom is -0.350 e. The molecule has 1 N–H and O–H groups in total. The van der Waals surface area contributed by atoms with Crippen molar-refractivity contribution in [2.45, 2.75) is 0 Å². The van der Waals surface area contributed by atoms with E-state index in [1.54, 1.807) is 10.7 Å². The second-order valence-corrected chi connectivity index (χ2v) is 4.91. The Bertz CT molecular complexity index is 604. The lowest BCUT2D eigenvalue weighted by Crippen LogP contribution is -2.49. The van der Waals surface area contributed by atoms with E-state index in [2.05, 4.69) is 15.4 Å². The molecule has 0 atom stereocenters. The topological polar surface area (TPSA) is 65.8 Å². The molecule has 1 saturated heterocycles. The zero-order chi connectivity index (χ0) is 13.9. The van der Waals surface area contributed by atoms with Crippen molar-refractivity contribution in [2.75, 3.05) is 44.7 Å². The van der Waals surface area contributed by atoms with Gasteiger partial charge in [0.1, 0.15) is 5.82 Å². The molecule has 0 spiro atoms. The summed E-state index contributed by atoms with van der Waals surface area (Å²) in [6.07, 6.45) is 3.56. The standard InChI is InChI=1S/C13H18N6O/c1-17(10-13(20)18-8-5-14-6-9-18)11-3-7-19-12(16-11)2-4-15-19/h2-4,7,14H,5-6,8-10H2,1H3. The summed E-state index contributed by atoms with van der Waals surface area (Å²) in [6.45, 7) is 3.64. The number of hydrogen-bond donors (Lipinski definition) is 1. The van der Waals surface area contributed by atoms with Crippen LogP contribution in [0.25, 0.3) is 5.65 Å². The Labute approximate surface area is 117 Å². The second-order valence-electron chi connectivity index (χ2n) is 4.91. The molecule has 0 bridgehead atoms. The third kappa shape index (κ3) is 2.57. The molecule has 7 heteroatoms. The first-order valence-corrected chi connectivity index (χ1v) is 6.74. The van der Waals surface area contributed by atoms with E-state index in [0.29, 0.717) is 6.54 Å². The van der Waals surface area contributed by atoms with Crippen LogP contribution in [0, 0.1) is 0 Å². The zero-order valence-electron chi connectivity index (χ0n) is 11.5. The number of amides is 1. The lowest BCUT2D eigenvalue weighted by molar-refractivity contribution is -0.130. The molecule has 2 aromatic heterocycles. The van der Waals surface area contributed by atoms with Gasteiger partial charge in [-0.3, -0.25) is 4.79 Å². The van der Waals surface area contributed by atoms with Gasteiger partial charge in [0.25, 0.3) is 0 Å². The smallest absolute Gasteiger partial charge is 0.242 e. The van der Waals surface area contributed by atoms with E-state index < -0.39 is 0 Å². The Balaban J connectivity index is 1.68. The fourth-order valence-electron chi connectivity index (χ4n) is 2.31. The van der Waals surface area contributed by atoms with Gasteiger partial charge in [-0.1, -0.05) is 0 Å². The van der Waals surface area contributed by atoms with Crippen molar-refractivity contribution in [1.29, 1.82) is 0 Å². The average molecular weight is 274 g/mol. The number of nitrogens with zero attached hydrogens (tertiary/aromatic N) is 5. The number of nitrogens with one attached hydrogen (secondary N) is 1. The van der Waals surface area contributed by atoms with Crippen molar-refractivity contribution < 1.29 is 4.79 Å². The maximum absolute atomic E-state index is 12.2. The van der Waals surface area contributed by atoms with Crippen LogP contribution in [0.4, 0.5) is 5.82 Å². The van der Waals surface area contributed by atoms with Gasteiger partial charge < -0.3 is 15.1 Å². The molecule has 1 amide bonds. The molecule has 2 aromatic rings. The summed E-state index contributed by atoms with van der Waals surface area (Å²) >= 11 is 0. The highest BCUT2D eigenvalue weighted by Gasteiger charge is 2.18. The number of piperazine rings is 1. The Morgan fingerprint density at radius 3 is 3.00 bits per heavy atom. The fourth-order valence-corrected chi connectivity index (χ4v) is 2.31. The van der Waals surface area contributed by atoms with Crippen molar-refractivity contribution in [1.82, 2.24) is 24.8 Å². The number of carbonyl (C=O) groups is 1. The first-order valence-electron chi connectivity index (χ1n) is 6.74. The van der Waals surface area contributed by atoms with Gasteiger partial charge in [0.05, 0.1) is 12.7 Å². The molecule has 0 radical (unpaired) electrons. The molecule has 0 unspecified atom stereocenters. The van der Waals surface area contributed by atoms with Crippen molar-refractivity contribution in [3.63, 3.8) is 0 Å². The maximum Gasteiger partial charge on any atom is 0.242 e. The summed E-state index contributed by atoms with van der Waals surface area (Å²) in [5.74, 6) is 0.922. The van der Waals surface area contributed by atoms with Gasteiger partial charge >= 0.3 is 0 Å². The molecule has 0 saturated carbocycles. The van der Waals surface area contributed by atoms with E-state index in [0.717, 1.165) is 37.6 Å². The summed E-state index contributed by atoms with van der Waals surface area (Å²) < 4.78 is 1.70. The lowest BCUT2D eigenvalue weighted by Gasteiger charge is -2.29. The van der Waals surface area contributed by atoms with E-state index in [1.807, 2.05) is 35.2 Å². The third-order valence-corrected chi connectivity index (χ3v) is 3.48. The molecular formula is C13H18N6O. The number of anilines is 1. The average Bonchev–Trinajstić information content (AvgIpc) is 2.95. The SMILES string of the molecule is CN(CC(=O)N1CCNCC1)c1ccn2nccc2n1. The predicted octanol–water partition coefficient (Wildman–Crippen LogP) is -0.403. The van der Waals surface area contributed by atoms with Crippen molar-refractivity contribution in [3.8, 4) is 0 Å². The molecule has 0 aromatic carbocycles. The monoisotopic (exact) mass is 274 g/mol. The molecule has 106 valence electrons.